The molecular formula is C17H20N4O5. The van der Waals surface area contributed by atoms with Gasteiger partial charge in [0, 0.05) is 12.1 Å². The normalized spacial score (nSPS) is 14.6. The summed E-state index contributed by atoms with van der Waals surface area (Å²) >= 11 is 0. The van der Waals surface area contributed by atoms with Crippen molar-refractivity contribution in [2.75, 3.05) is 19.8 Å². The van der Waals surface area contributed by atoms with Gasteiger partial charge in [-0.2, -0.15) is 5.10 Å². The minimum absolute atomic E-state index is 0.175. The van der Waals surface area contributed by atoms with Crippen molar-refractivity contribution in [3.05, 3.63) is 47.3 Å². The second-order valence-electron chi connectivity index (χ2n) is 5.99. The Balaban J connectivity index is 1.72. The summed E-state index contributed by atoms with van der Waals surface area (Å²) in [6, 6.07) is 8.25. The maximum atomic E-state index is 12.8. The van der Waals surface area contributed by atoms with Gasteiger partial charge in [-0.25, -0.2) is 0 Å². The maximum Gasteiger partial charge on any atom is 0.255 e. The number of amides is 2. The molecule has 1 atom stereocenters. The lowest BCUT2D eigenvalue weighted by molar-refractivity contribution is -0.119. The van der Waals surface area contributed by atoms with Crippen molar-refractivity contribution in [3.8, 4) is 5.75 Å². The molecule has 0 spiro atoms. The van der Waals surface area contributed by atoms with Crippen molar-refractivity contribution in [3.63, 3.8) is 0 Å². The first-order valence-corrected chi connectivity index (χ1v) is 8.14. The molecule has 0 saturated carbocycles. The highest BCUT2D eigenvalue weighted by atomic mass is 16.5. The first-order chi connectivity index (χ1) is 12.5. The van der Waals surface area contributed by atoms with Crippen molar-refractivity contribution >= 4 is 11.8 Å². The van der Waals surface area contributed by atoms with Crippen LogP contribution in [-0.4, -0.2) is 56.5 Å². The number of fused-ring (bicyclic) bond motifs is 1. The Bertz CT molecular complexity index is 819. The van der Waals surface area contributed by atoms with Gasteiger partial charge in [-0.3, -0.25) is 14.3 Å². The molecule has 9 heteroatoms. The molecule has 0 radical (unpaired) electrons. The summed E-state index contributed by atoms with van der Waals surface area (Å²) < 4.78 is 6.96. The maximum absolute atomic E-state index is 12.8. The number of aromatic nitrogens is 2. The van der Waals surface area contributed by atoms with Crippen molar-refractivity contribution in [1.82, 2.24) is 14.7 Å². The molecule has 4 N–H and O–H groups in total. The van der Waals surface area contributed by atoms with Crippen LogP contribution in [0.4, 0.5) is 0 Å². The SMILES string of the molecule is NC(=O)COc1cccc(C(=O)N2CCn3nc([C@H](O)CO)cc3C2)c1. The number of ether oxygens (including phenoxy) is 1. The van der Waals surface area contributed by atoms with Crippen LogP contribution in [0.25, 0.3) is 0 Å². The first-order valence-electron chi connectivity index (χ1n) is 8.14. The molecule has 9 nitrogen and oxygen atoms in total. The van der Waals surface area contributed by atoms with Gasteiger partial charge in [0.15, 0.2) is 6.61 Å². The number of nitrogens with zero attached hydrogens (tertiary/aromatic N) is 3. The second kappa shape index (κ2) is 7.54. The fraction of sp³-hybridized carbons (Fsp3) is 0.353. The van der Waals surface area contributed by atoms with Gasteiger partial charge < -0.3 is 25.6 Å². The summed E-state index contributed by atoms with van der Waals surface area (Å²) in [5, 5.41) is 23.0. The van der Waals surface area contributed by atoms with E-state index in [0.717, 1.165) is 5.69 Å². The molecule has 1 aliphatic rings. The fourth-order valence-corrected chi connectivity index (χ4v) is 2.77. The van der Waals surface area contributed by atoms with Gasteiger partial charge in [0.1, 0.15) is 11.9 Å². The monoisotopic (exact) mass is 360 g/mol. The Morgan fingerprint density at radius 3 is 2.85 bits per heavy atom. The molecule has 1 aromatic heterocycles. The van der Waals surface area contributed by atoms with Gasteiger partial charge in [0.2, 0.25) is 0 Å². The Morgan fingerprint density at radius 2 is 2.12 bits per heavy atom. The van der Waals surface area contributed by atoms with Crippen molar-refractivity contribution in [2.24, 2.45) is 5.73 Å². The highest BCUT2D eigenvalue weighted by Gasteiger charge is 2.24. The molecule has 0 saturated heterocycles. The Morgan fingerprint density at radius 1 is 1.31 bits per heavy atom. The van der Waals surface area contributed by atoms with Crippen LogP contribution < -0.4 is 10.5 Å². The number of rotatable bonds is 6. The van der Waals surface area contributed by atoms with E-state index in [1.165, 1.54) is 0 Å². The topological polar surface area (TPSA) is 131 Å². The average Bonchev–Trinajstić information content (AvgIpc) is 3.08. The van der Waals surface area contributed by atoms with E-state index in [2.05, 4.69) is 5.10 Å². The third kappa shape index (κ3) is 3.84. The van der Waals surface area contributed by atoms with Crippen LogP contribution in [0.15, 0.2) is 30.3 Å². The van der Waals surface area contributed by atoms with Gasteiger partial charge >= 0.3 is 0 Å². The zero-order chi connectivity index (χ0) is 18.7. The highest BCUT2D eigenvalue weighted by Crippen LogP contribution is 2.21. The summed E-state index contributed by atoms with van der Waals surface area (Å²) in [6.07, 6.45) is -1.03. The lowest BCUT2D eigenvalue weighted by Gasteiger charge is -2.27. The number of primary amides is 1. The highest BCUT2D eigenvalue weighted by molar-refractivity contribution is 5.94. The lowest BCUT2D eigenvalue weighted by Crippen LogP contribution is -2.38. The predicted octanol–water partition coefficient (Wildman–Crippen LogP) is -0.571. The molecule has 26 heavy (non-hydrogen) atoms. The molecule has 0 aliphatic carbocycles. The number of hydrogen-bond donors (Lipinski definition) is 3. The summed E-state index contributed by atoms with van der Waals surface area (Å²) in [6.45, 7) is 0.648. The van der Waals surface area contributed by atoms with Crippen LogP contribution in [0.1, 0.15) is 27.8 Å². The minimum atomic E-state index is -1.03. The molecule has 2 heterocycles. The summed E-state index contributed by atoms with van der Waals surface area (Å²) in [5.41, 5.74) is 6.67. The number of aliphatic hydroxyl groups is 2. The molecular weight excluding hydrogens is 340 g/mol. The number of carbonyl (C=O) groups excluding carboxylic acids is 2. The summed E-state index contributed by atoms with van der Waals surface area (Å²) in [5.74, 6) is -0.372. The molecule has 0 bridgehead atoms. The quantitative estimate of drug-likeness (QED) is 0.632. The van der Waals surface area contributed by atoms with Crippen molar-refractivity contribution in [1.29, 1.82) is 0 Å². The van der Waals surface area contributed by atoms with Crippen LogP contribution in [-0.2, 0) is 17.9 Å². The number of benzene rings is 1. The first kappa shape index (κ1) is 17.9. The predicted molar refractivity (Wildman–Crippen MR) is 90.1 cm³/mol. The van der Waals surface area contributed by atoms with E-state index in [1.54, 1.807) is 39.9 Å². The zero-order valence-corrected chi connectivity index (χ0v) is 14.0. The molecule has 2 amide bonds. The van der Waals surface area contributed by atoms with Crippen LogP contribution in [0, 0.1) is 0 Å². The van der Waals surface area contributed by atoms with Gasteiger partial charge in [-0.05, 0) is 24.3 Å². The van der Waals surface area contributed by atoms with E-state index in [-0.39, 0.29) is 12.5 Å². The molecule has 2 aromatic rings. The summed E-state index contributed by atoms with van der Waals surface area (Å²) in [4.78, 5) is 25.2. The van der Waals surface area contributed by atoms with Gasteiger partial charge in [0.25, 0.3) is 11.8 Å². The third-order valence-electron chi connectivity index (χ3n) is 4.08. The van der Waals surface area contributed by atoms with Gasteiger partial charge in [0.05, 0.1) is 31.1 Å². The number of carbonyl (C=O) groups is 2. The number of nitrogens with two attached hydrogens (primary N) is 1. The van der Waals surface area contributed by atoms with E-state index >= 15 is 0 Å². The Kier molecular flexibility index (Phi) is 5.19. The number of hydrogen-bond acceptors (Lipinski definition) is 6. The van der Waals surface area contributed by atoms with Crippen LogP contribution in [0.5, 0.6) is 5.75 Å². The minimum Gasteiger partial charge on any atom is -0.484 e. The van der Waals surface area contributed by atoms with E-state index in [1.807, 2.05) is 0 Å². The van der Waals surface area contributed by atoms with E-state index < -0.39 is 18.6 Å². The molecule has 1 aliphatic heterocycles. The van der Waals surface area contributed by atoms with Crippen LogP contribution in [0.3, 0.4) is 0 Å². The van der Waals surface area contributed by atoms with E-state index in [0.29, 0.717) is 36.6 Å². The van der Waals surface area contributed by atoms with Crippen molar-refractivity contribution in [2.45, 2.75) is 19.2 Å². The smallest absolute Gasteiger partial charge is 0.255 e. The second-order valence-corrected chi connectivity index (χ2v) is 5.99. The van der Waals surface area contributed by atoms with Crippen LogP contribution in [0.2, 0.25) is 0 Å². The van der Waals surface area contributed by atoms with Crippen molar-refractivity contribution < 1.29 is 24.5 Å². The van der Waals surface area contributed by atoms with E-state index in [9.17, 15) is 14.7 Å². The molecule has 0 unspecified atom stereocenters. The average molecular weight is 360 g/mol. The molecule has 1 aromatic carbocycles. The lowest BCUT2D eigenvalue weighted by atomic mass is 10.1. The number of aliphatic hydroxyl groups excluding tert-OH is 2. The molecule has 0 fully saturated rings. The third-order valence-corrected chi connectivity index (χ3v) is 4.08. The largest absolute Gasteiger partial charge is 0.484 e. The van der Waals surface area contributed by atoms with Gasteiger partial charge in [-0.1, -0.05) is 6.07 Å². The standard InChI is InChI=1S/C17H20N4O5/c18-16(24)10-26-13-3-1-2-11(6-13)17(25)20-4-5-21-12(8-20)7-14(19-21)15(23)9-22/h1-3,6-7,15,22-23H,4-5,8-10H2,(H2,18,24)/t15-/m1/s1. The summed E-state index contributed by atoms with van der Waals surface area (Å²) in [7, 11) is 0. The van der Waals surface area contributed by atoms with E-state index in [4.69, 9.17) is 15.6 Å². The molecule has 3 rings (SSSR count). The fourth-order valence-electron chi connectivity index (χ4n) is 2.77. The molecule has 138 valence electrons. The zero-order valence-electron chi connectivity index (χ0n) is 14.0. The Hall–Kier alpha value is -2.91. The Labute approximate surface area is 149 Å². The van der Waals surface area contributed by atoms with Gasteiger partial charge in [-0.15, -0.1) is 0 Å². The van der Waals surface area contributed by atoms with Crippen LogP contribution >= 0.6 is 0 Å².